The third-order valence-electron chi connectivity index (χ3n) is 3.89. The molecule has 2 rings (SSSR count). The van der Waals surface area contributed by atoms with Crippen LogP contribution in [0.1, 0.15) is 13.8 Å². The molecule has 1 fully saturated rings. The van der Waals surface area contributed by atoms with Gasteiger partial charge in [0.15, 0.2) is 0 Å². The number of aromatic nitrogens is 1. The lowest BCUT2D eigenvalue weighted by Gasteiger charge is -2.33. The molecule has 1 aliphatic rings. The number of nitrogens with zero attached hydrogens (tertiary/aromatic N) is 3. The highest BCUT2D eigenvalue weighted by atomic mass is 32.2. The van der Waals surface area contributed by atoms with Gasteiger partial charge < -0.3 is 14.8 Å². The summed E-state index contributed by atoms with van der Waals surface area (Å²) >= 11 is 0. The average molecular weight is 342 g/mol. The molecular formula is C14H22N4O4S. The molecular weight excluding hydrogens is 320 g/mol. The number of piperazine rings is 1. The molecule has 1 N–H and O–H groups in total. The van der Waals surface area contributed by atoms with Crippen molar-refractivity contribution < 1.29 is 13.2 Å². The summed E-state index contributed by atoms with van der Waals surface area (Å²) < 4.78 is 26.5. The van der Waals surface area contributed by atoms with Crippen molar-refractivity contribution in [3.05, 3.63) is 28.7 Å². The van der Waals surface area contributed by atoms with Crippen LogP contribution in [0.15, 0.2) is 23.1 Å². The Hall–Kier alpha value is -1.87. The fraction of sp³-hybridized carbons (Fsp3) is 0.571. The molecule has 0 radical (unpaired) electrons. The van der Waals surface area contributed by atoms with Gasteiger partial charge in [-0.1, -0.05) is 0 Å². The first-order valence-corrected chi connectivity index (χ1v) is 9.23. The van der Waals surface area contributed by atoms with E-state index in [4.69, 9.17) is 0 Å². The minimum atomic E-state index is -3.22. The van der Waals surface area contributed by atoms with Crippen LogP contribution >= 0.6 is 0 Å². The zero-order valence-electron chi connectivity index (χ0n) is 13.4. The van der Waals surface area contributed by atoms with E-state index in [1.165, 1.54) is 13.8 Å². The van der Waals surface area contributed by atoms with Crippen LogP contribution in [0, 0.1) is 0 Å². The van der Waals surface area contributed by atoms with Crippen LogP contribution in [0.25, 0.3) is 0 Å². The van der Waals surface area contributed by atoms with Crippen LogP contribution in [-0.4, -0.2) is 60.2 Å². The van der Waals surface area contributed by atoms with E-state index in [0.29, 0.717) is 19.6 Å². The molecule has 2 amide bonds. The lowest BCUT2D eigenvalue weighted by atomic mass is 10.3. The van der Waals surface area contributed by atoms with Crippen molar-refractivity contribution >= 4 is 21.7 Å². The Morgan fingerprint density at radius 1 is 1.22 bits per heavy atom. The summed E-state index contributed by atoms with van der Waals surface area (Å²) in [6.45, 7) is 5.13. The van der Waals surface area contributed by atoms with Crippen LogP contribution in [0.5, 0.6) is 0 Å². The van der Waals surface area contributed by atoms with E-state index in [9.17, 15) is 18.0 Å². The van der Waals surface area contributed by atoms with Crippen LogP contribution < -0.4 is 10.9 Å². The number of nitrogens with one attached hydrogen (secondary N) is 1. The largest absolute Gasteiger partial charge is 0.322 e. The second kappa shape index (κ2) is 7.14. The Kier molecular flexibility index (Phi) is 5.42. The maximum atomic E-state index is 12.2. The van der Waals surface area contributed by atoms with E-state index < -0.39 is 10.0 Å². The number of anilines is 1. The van der Waals surface area contributed by atoms with Crippen LogP contribution in [0.2, 0.25) is 0 Å². The number of hydrogen-bond donors (Lipinski definition) is 1. The van der Waals surface area contributed by atoms with Crippen molar-refractivity contribution in [2.45, 2.75) is 20.4 Å². The van der Waals surface area contributed by atoms with Gasteiger partial charge in [-0.05, 0) is 26.0 Å². The first-order chi connectivity index (χ1) is 10.9. The second-order valence-corrected chi connectivity index (χ2v) is 7.49. The molecule has 8 nitrogen and oxygen atoms in total. The monoisotopic (exact) mass is 342 g/mol. The van der Waals surface area contributed by atoms with Gasteiger partial charge in [0.2, 0.25) is 10.0 Å². The fourth-order valence-electron chi connectivity index (χ4n) is 2.43. The molecule has 0 aromatic carbocycles. The average Bonchev–Trinajstić information content (AvgIpc) is 2.56. The summed E-state index contributed by atoms with van der Waals surface area (Å²) in [5, 5.41) is 2.61. The number of aryl methyl sites for hydroxylation is 1. The highest BCUT2D eigenvalue weighted by Gasteiger charge is 2.27. The first kappa shape index (κ1) is 17.5. The minimum absolute atomic E-state index is 0.0553. The topological polar surface area (TPSA) is 91.7 Å². The van der Waals surface area contributed by atoms with E-state index in [1.54, 1.807) is 25.3 Å². The summed E-state index contributed by atoms with van der Waals surface area (Å²) in [7, 11) is -3.22. The van der Waals surface area contributed by atoms with Crippen molar-refractivity contribution in [2.24, 2.45) is 0 Å². The summed E-state index contributed by atoms with van der Waals surface area (Å²) in [5.41, 5.74) is -0.0292. The number of carbonyl (C=O) groups is 1. The molecule has 1 aromatic rings. The van der Waals surface area contributed by atoms with E-state index >= 15 is 0 Å². The van der Waals surface area contributed by atoms with Crippen molar-refractivity contribution in [3.8, 4) is 0 Å². The second-order valence-electron chi connectivity index (χ2n) is 5.23. The number of hydrogen-bond acceptors (Lipinski definition) is 4. The third kappa shape index (κ3) is 3.91. The fourth-order valence-corrected chi connectivity index (χ4v) is 3.51. The van der Waals surface area contributed by atoms with Gasteiger partial charge in [0.1, 0.15) is 5.69 Å². The molecule has 0 atom stereocenters. The zero-order valence-corrected chi connectivity index (χ0v) is 14.2. The summed E-state index contributed by atoms with van der Waals surface area (Å²) in [6.07, 6.45) is 1.66. The Morgan fingerprint density at radius 3 is 2.43 bits per heavy atom. The lowest BCUT2D eigenvalue weighted by molar-refractivity contribution is 0.184. The predicted molar refractivity (Wildman–Crippen MR) is 88.0 cm³/mol. The molecule has 1 aromatic heterocycles. The Morgan fingerprint density at radius 2 is 1.87 bits per heavy atom. The number of carbonyl (C=O) groups excluding carboxylic acids is 1. The van der Waals surface area contributed by atoms with Gasteiger partial charge in [-0.2, -0.15) is 4.31 Å². The molecule has 9 heteroatoms. The number of amides is 2. The van der Waals surface area contributed by atoms with Gasteiger partial charge in [-0.3, -0.25) is 4.79 Å². The molecule has 1 aliphatic heterocycles. The first-order valence-electron chi connectivity index (χ1n) is 7.62. The van der Waals surface area contributed by atoms with E-state index in [2.05, 4.69) is 5.32 Å². The number of urea groups is 1. The molecule has 0 saturated carbocycles. The molecule has 0 spiro atoms. The maximum absolute atomic E-state index is 12.2. The molecule has 2 heterocycles. The zero-order chi connectivity index (χ0) is 17.0. The van der Waals surface area contributed by atoms with Gasteiger partial charge in [-0.25, -0.2) is 13.2 Å². The highest BCUT2D eigenvalue weighted by molar-refractivity contribution is 7.89. The number of sulfonamides is 1. The number of pyridine rings is 1. The summed E-state index contributed by atoms with van der Waals surface area (Å²) in [6, 6.07) is 2.88. The van der Waals surface area contributed by atoms with Crippen LogP contribution in [0.3, 0.4) is 0 Å². The highest BCUT2D eigenvalue weighted by Crippen LogP contribution is 2.09. The molecule has 128 valence electrons. The van der Waals surface area contributed by atoms with Crippen LogP contribution in [0.4, 0.5) is 10.5 Å². The van der Waals surface area contributed by atoms with E-state index in [1.807, 2.05) is 6.92 Å². The summed E-state index contributed by atoms with van der Waals surface area (Å²) in [4.78, 5) is 25.8. The molecule has 0 aliphatic carbocycles. The Labute approximate surface area is 135 Å². The van der Waals surface area contributed by atoms with Crippen molar-refractivity contribution in [2.75, 3.05) is 37.2 Å². The SMILES string of the molecule is CCn1cccc(NC(=O)N2CCN(S(=O)(=O)CC)CC2)c1=O. The smallest absolute Gasteiger partial charge is 0.322 e. The molecule has 0 unspecified atom stereocenters. The minimum Gasteiger partial charge on any atom is -0.322 e. The van der Waals surface area contributed by atoms with Crippen molar-refractivity contribution in [1.29, 1.82) is 0 Å². The predicted octanol–water partition coefficient (Wildman–Crippen LogP) is 0.367. The quantitative estimate of drug-likeness (QED) is 0.855. The van der Waals surface area contributed by atoms with E-state index in [-0.39, 0.29) is 36.1 Å². The van der Waals surface area contributed by atoms with Crippen LogP contribution in [-0.2, 0) is 16.6 Å². The molecule has 1 saturated heterocycles. The van der Waals surface area contributed by atoms with Gasteiger partial charge >= 0.3 is 6.03 Å². The maximum Gasteiger partial charge on any atom is 0.322 e. The Bertz CT molecular complexity index is 721. The normalized spacial score (nSPS) is 16.3. The third-order valence-corrected chi connectivity index (χ3v) is 5.77. The van der Waals surface area contributed by atoms with Gasteiger partial charge in [0.05, 0.1) is 5.75 Å². The van der Waals surface area contributed by atoms with Crippen molar-refractivity contribution in [3.63, 3.8) is 0 Å². The lowest BCUT2D eigenvalue weighted by Crippen LogP contribution is -2.52. The molecule has 23 heavy (non-hydrogen) atoms. The molecule has 0 bridgehead atoms. The summed E-state index contributed by atoms with van der Waals surface area (Å²) in [5.74, 6) is 0.0553. The van der Waals surface area contributed by atoms with E-state index in [0.717, 1.165) is 0 Å². The van der Waals surface area contributed by atoms with Gasteiger partial charge in [0.25, 0.3) is 5.56 Å². The van der Waals surface area contributed by atoms with Crippen molar-refractivity contribution in [1.82, 2.24) is 13.8 Å². The van der Waals surface area contributed by atoms with Gasteiger partial charge in [-0.15, -0.1) is 0 Å². The Balaban J connectivity index is 2.00. The standard InChI is InChI=1S/C14H22N4O4S/c1-3-16-7-5-6-12(13(16)19)15-14(20)17-8-10-18(11-9-17)23(21,22)4-2/h5-7H,3-4,8-11H2,1-2H3,(H,15,20). The number of rotatable bonds is 4. The van der Waals surface area contributed by atoms with Gasteiger partial charge in [0, 0.05) is 38.9 Å².